The maximum absolute atomic E-state index is 10.7. The Morgan fingerprint density at radius 3 is 2.58 bits per heavy atom. The van der Waals surface area contributed by atoms with Gasteiger partial charge in [0.15, 0.2) is 0 Å². The quantitative estimate of drug-likeness (QED) is 0.809. The highest BCUT2D eigenvalue weighted by Crippen LogP contribution is 2.16. The molecule has 2 aromatic rings. The molecule has 4 nitrogen and oxygen atoms in total. The molecule has 0 saturated carbocycles. The van der Waals surface area contributed by atoms with Crippen molar-refractivity contribution in [3.05, 3.63) is 52.8 Å². The minimum atomic E-state index is -0.158. The highest BCUT2D eigenvalue weighted by atomic mass is 16.5. The average Bonchev–Trinajstić information content (AvgIpc) is 2.72. The molecule has 100 valence electrons. The van der Waals surface area contributed by atoms with Crippen molar-refractivity contribution < 1.29 is 9.53 Å². The van der Waals surface area contributed by atoms with E-state index >= 15 is 0 Å². The Morgan fingerprint density at radius 2 is 2.00 bits per heavy atom. The lowest BCUT2D eigenvalue weighted by Gasteiger charge is -2.15. The SMILES string of the molecule is Cc1n[nH]c(C)c1CC(Cc1ccccc1)OC=O. The van der Waals surface area contributed by atoms with Gasteiger partial charge in [0.1, 0.15) is 6.10 Å². The summed E-state index contributed by atoms with van der Waals surface area (Å²) < 4.78 is 5.21. The predicted octanol–water partition coefficient (Wildman–Crippen LogP) is 2.35. The molecule has 0 aliphatic rings. The van der Waals surface area contributed by atoms with Gasteiger partial charge >= 0.3 is 0 Å². The van der Waals surface area contributed by atoms with Crippen LogP contribution in [0, 0.1) is 13.8 Å². The molecule has 1 atom stereocenters. The van der Waals surface area contributed by atoms with E-state index in [1.54, 1.807) is 0 Å². The van der Waals surface area contributed by atoms with Gasteiger partial charge in [0.25, 0.3) is 6.47 Å². The number of hydrogen-bond donors (Lipinski definition) is 1. The third kappa shape index (κ3) is 3.44. The Balaban J connectivity index is 2.10. The third-order valence-electron chi connectivity index (χ3n) is 3.27. The largest absolute Gasteiger partial charge is 0.464 e. The normalized spacial score (nSPS) is 12.1. The van der Waals surface area contributed by atoms with E-state index in [-0.39, 0.29) is 6.10 Å². The zero-order chi connectivity index (χ0) is 13.7. The molecule has 0 amide bonds. The summed E-state index contributed by atoms with van der Waals surface area (Å²) in [6.07, 6.45) is 1.24. The lowest BCUT2D eigenvalue weighted by molar-refractivity contribution is -0.133. The summed E-state index contributed by atoms with van der Waals surface area (Å²) in [6.45, 7) is 4.47. The van der Waals surface area contributed by atoms with Gasteiger partial charge in [-0.2, -0.15) is 5.10 Å². The smallest absolute Gasteiger partial charge is 0.293 e. The maximum Gasteiger partial charge on any atom is 0.293 e. The van der Waals surface area contributed by atoms with Crippen molar-refractivity contribution in [3.8, 4) is 0 Å². The minimum Gasteiger partial charge on any atom is -0.464 e. The van der Waals surface area contributed by atoms with E-state index in [0.29, 0.717) is 19.3 Å². The van der Waals surface area contributed by atoms with Crippen LogP contribution >= 0.6 is 0 Å². The minimum absolute atomic E-state index is 0.158. The topological polar surface area (TPSA) is 55.0 Å². The summed E-state index contributed by atoms with van der Waals surface area (Å²) >= 11 is 0. The van der Waals surface area contributed by atoms with Crippen molar-refractivity contribution in [2.75, 3.05) is 0 Å². The van der Waals surface area contributed by atoms with Gasteiger partial charge in [-0.1, -0.05) is 30.3 Å². The van der Waals surface area contributed by atoms with Gasteiger partial charge in [0, 0.05) is 18.5 Å². The standard InChI is InChI=1S/C15H18N2O2/c1-11-15(12(2)17-16-11)9-14(19-10-18)8-13-6-4-3-5-7-13/h3-7,10,14H,8-9H2,1-2H3,(H,16,17). The maximum atomic E-state index is 10.7. The van der Waals surface area contributed by atoms with Gasteiger partial charge in [0.2, 0.25) is 0 Å². The van der Waals surface area contributed by atoms with Crippen molar-refractivity contribution in [2.45, 2.75) is 32.8 Å². The van der Waals surface area contributed by atoms with Crippen LogP contribution in [0.15, 0.2) is 30.3 Å². The number of carbonyl (C=O) groups is 1. The summed E-state index contributed by atoms with van der Waals surface area (Å²) in [5.41, 5.74) is 4.28. The number of hydrogen-bond acceptors (Lipinski definition) is 3. The van der Waals surface area contributed by atoms with Crippen LogP contribution < -0.4 is 0 Å². The second kappa shape index (κ2) is 6.18. The Kier molecular flexibility index (Phi) is 4.34. The van der Waals surface area contributed by atoms with Crippen LogP contribution in [0.4, 0.5) is 0 Å². The molecule has 0 bridgehead atoms. The van der Waals surface area contributed by atoms with Crippen molar-refractivity contribution in [1.82, 2.24) is 10.2 Å². The fourth-order valence-electron chi connectivity index (χ4n) is 2.23. The summed E-state index contributed by atoms with van der Waals surface area (Å²) in [5.74, 6) is 0. The van der Waals surface area contributed by atoms with E-state index in [0.717, 1.165) is 22.5 Å². The van der Waals surface area contributed by atoms with Crippen molar-refractivity contribution in [3.63, 3.8) is 0 Å². The fraction of sp³-hybridized carbons (Fsp3) is 0.333. The number of nitrogens with one attached hydrogen (secondary N) is 1. The monoisotopic (exact) mass is 258 g/mol. The molecule has 0 saturated heterocycles. The van der Waals surface area contributed by atoms with Crippen molar-refractivity contribution >= 4 is 6.47 Å². The molecule has 1 heterocycles. The zero-order valence-corrected chi connectivity index (χ0v) is 11.2. The number of rotatable bonds is 6. The van der Waals surface area contributed by atoms with Crippen LogP contribution in [-0.4, -0.2) is 22.8 Å². The van der Waals surface area contributed by atoms with Crippen LogP contribution in [-0.2, 0) is 22.4 Å². The second-order valence-electron chi connectivity index (χ2n) is 4.66. The molecule has 0 fully saturated rings. The molecule has 0 aliphatic carbocycles. The number of benzene rings is 1. The Morgan fingerprint density at radius 1 is 1.26 bits per heavy atom. The van der Waals surface area contributed by atoms with Crippen LogP contribution in [0.5, 0.6) is 0 Å². The lowest BCUT2D eigenvalue weighted by Crippen LogP contribution is -2.19. The van der Waals surface area contributed by atoms with E-state index < -0.39 is 0 Å². The Bertz CT molecular complexity index is 515. The van der Waals surface area contributed by atoms with Crippen molar-refractivity contribution in [2.24, 2.45) is 0 Å². The zero-order valence-electron chi connectivity index (χ0n) is 11.2. The highest BCUT2D eigenvalue weighted by Gasteiger charge is 2.16. The van der Waals surface area contributed by atoms with Crippen LogP contribution in [0.2, 0.25) is 0 Å². The van der Waals surface area contributed by atoms with Gasteiger partial charge in [0.05, 0.1) is 5.69 Å². The van der Waals surface area contributed by atoms with Crippen molar-refractivity contribution in [1.29, 1.82) is 0 Å². The van der Waals surface area contributed by atoms with Crippen LogP contribution in [0.3, 0.4) is 0 Å². The molecule has 1 aromatic carbocycles. The van der Waals surface area contributed by atoms with Gasteiger partial charge < -0.3 is 4.74 Å². The number of ether oxygens (including phenoxy) is 1. The summed E-state index contributed by atoms with van der Waals surface area (Å²) in [6, 6.07) is 10.0. The summed E-state index contributed by atoms with van der Waals surface area (Å²) in [4.78, 5) is 10.7. The molecule has 0 radical (unpaired) electrons. The van der Waals surface area contributed by atoms with Crippen LogP contribution in [0.1, 0.15) is 22.5 Å². The molecule has 1 aromatic heterocycles. The molecule has 1 unspecified atom stereocenters. The molecule has 4 heteroatoms. The van der Waals surface area contributed by atoms with E-state index in [9.17, 15) is 4.79 Å². The molecular weight excluding hydrogens is 240 g/mol. The first-order chi connectivity index (χ1) is 9.20. The van der Waals surface area contributed by atoms with Gasteiger partial charge in [-0.05, 0) is 25.0 Å². The first kappa shape index (κ1) is 13.3. The lowest BCUT2D eigenvalue weighted by atomic mass is 10.00. The van der Waals surface area contributed by atoms with Gasteiger partial charge in [-0.15, -0.1) is 0 Å². The number of aromatic nitrogens is 2. The fourth-order valence-corrected chi connectivity index (χ4v) is 2.23. The molecular formula is C15H18N2O2. The number of aryl methyl sites for hydroxylation is 2. The highest BCUT2D eigenvalue weighted by molar-refractivity contribution is 5.38. The first-order valence-electron chi connectivity index (χ1n) is 6.34. The number of H-pyrrole nitrogens is 1. The van der Waals surface area contributed by atoms with E-state index in [4.69, 9.17) is 4.74 Å². The van der Waals surface area contributed by atoms with Crippen LogP contribution in [0.25, 0.3) is 0 Å². The summed E-state index contributed by atoms with van der Waals surface area (Å²) in [5, 5.41) is 7.12. The Labute approximate surface area is 112 Å². The summed E-state index contributed by atoms with van der Waals surface area (Å²) in [7, 11) is 0. The molecule has 0 spiro atoms. The number of nitrogens with zero attached hydrogens (tertiary/aromatic N) is 1. The molecule has 19 heavy (non-hydrogen) atoms. The van der Waals surface area contributed by atoms with Gasteiger partial charge in [-0.25, -0.2) is 0 Å². The average molecular weight is 258 g/mol. The Hall–Kier alpha value is -2.10. The number of aromatic amines is 1. The second-order valence-corrected chi connectivity index (χ2v) is 4.66. The van der Waals surface area contributed by atoms with E-state index in [1.807, 2.05) is 44.2 Å². The number of carbonyl (C=O) groups excluding carboxylic acids is 1. The first-order valence-corrected chi connectivity index (χ1v) is 6.34. The predicted molar refractivity (Wildman–Crippen MR) is 72.8 cm³/mol. The third-order valence-corrected chi connectivity index (χ3v) is 3.27. The van der Waals surface area contributed by atoms with Gasteiger partial charge in [-0.3, -0.25) is 9.89 Å². The molecule has 2 rings (SSSR count). The van der Waals surface area contributed by atoms with E-state index in [1.165, 1.54) is 0 Å². The molecule has 1 N–H and O–H groups in total. The van der Waals surface area contributed by atoms with E-state index in [2.05, 4.69) is 10.2 Å². The molecule has 0 aliphatic heterocycles.